The first-order valence-corrected chi connectivity index (χ1v) is 8.75. The number of rotatable bonds is 0. The molecule has 0 spiro atoms. The molecule has 3 unspecified atom stereocenters. The molecule has 0 amide bonds. The summed E-state index contributed by atoms with van der Waals surface area (Å²) in [6.07, 6.45) is 11.5. The number of halogens is 2. The van der Waals surface area contributed by atoms with Gasteiger partial charge in [0.1, 0.15) is 0 Å². The number of allylic oxidation sites excluding steroid dienone is 6. The first-order valence-electron chi connectivity index (χ1n) is 6.43. The quantitative estimate of drug-likeness (QED) is 0.340. The van der Waals surface area contributed by atoms with Gasteiger partial charge in [0, 0.05) is 3.92 Å². The van der Waals surface area contributed by atoms with E-state index in [4.69, 9.17) is 0 Å². The van der Waals surface area contributed by atoms with E-state index < -0.39 is 0 Å². The van der Waals surface area contributed by atoms with E-state index in [0.29, 0.717) is 9.34 Å². The molecule has 0 heterocycles. The Hall–Kier alpha value is 0.680. The SMILES string of the molecule is CC1(C)C2=CC(I)CC=C2C2CCC(I)=CC21. The zero-order chi connectivity index (χ0) is 12.2. The average Bonchev–Trinajstić information content (AvgIpc) is 2.49. The van der Waals surface area contributed by atoms with Gasteiger partial charge in [-0.15, -0.1) is 0 Å². The lowest BCUT2D eigenvalue weighted by atomic mass is 9.74. The molecule has 3 aliphatic rings. The normalized spacial score (nSPS) is 38.8. The summed E-state index contributed by atoms with van der Waals surface area (Å²) in [5.41, 5.74) is 3.69. The van der Waals surface area contributed by atoms with Gasteiger partial charge < -0.3 is 0 Å². The van der Waals surface area contributed by atoms with Crippen molar-refractivity contribution in [3.8, 4) is 0 Å². The third-order valence-electron chi connectivity index (χ3n) is 4.64. The van der Waals surface area contributed by atoms with Crippen LogP contribution in [0.3, 0.4) is 0 Å². The fourth-order valence-corrected chi connectivity index (χ4v) is 5.05. The van der Waals surface area contributed by atoms with Crippen LogP contribution in [0.4, 0.5) is 0 Å². The Bertz CT molecular complexity index is 440. The minimum absolute atomic E-state index is 0.344. The van der Waals surface area contributed by atoms with Crippen molar-refractivity contribution in [3.05, 3.63) is 33.0 Å². The molecule has 0 N–H and O–H groups in total. The molecule has 92 valence electrons. The third-order valence-corrected chi connectivity index (χ3v) is 6.40. The Kier molecular flexibility index (Phi) is 3.26. The van der Waals surface area contributed by atoms with E-state index in [1.54, 1.807) is 14.7 Å². The molecule has 0 aromatic carbocycles. The van der Waals surface area contributed by atoms with E-state index in [1.165, 1.54) is 19.3 Å². The fraction of sp³-hybridized carbons (Fsp3) is 0.600. The van der Waals surface area contributed by atoms with Gasteiger partial charge in [0.15, 0.2) is 0 Å². The minimum atomic E-state index is 0.344. The van der Waals surface area contributed by atoms with Crippen molar-refractivity contribution in [2.24, 2.45) is 17.3 Å². The van der Waals surface area contributed by atoms with Gasteiger partial charge in [-0.05, 0) is 73.8 Å². The van der Waals surface area contributed by atoms with E-state index in [2.05, 4.69) is 77.3 Å². The van der Waals surface area contributed by atoms with Gasteiger partial charge in [-0.3, -0.25) is 0 Å². The van der Waals surface area contributed by atoms with Crippen LogP contribution in [-0.4, -0.2) is 3.92 Å². The molecule has 0 radical (unpaired) electrons. The second-order valence-corrected chi connectivity index (χ2v) is 8.98. The van der Waals surface area contributed by atoms with Crippen molar-refractivity contribution < 1.29 is 0 Å². The summed E-state index contributed by atoms with van der Waals surface area (Å²) in [6, 6.07) is 0. The number of hydrogen-bond acceptors (Lipinski definition) is 0. The van der Waals surface area contributed by atoms with Gasteiger partial charge in [0.2, 0.25) is 0 Å². The lowest BCUT2D eigenvalue weighted by Crippen LogP contribution is -2.23. The van der Waals surface area contributed by atoms with E-state index >= 15 is 0 Å². The van der Waals surface area contributed by atoms with E-state index in [9.17, 15) is 0 Å². The molecular formula is C15H18I2. The van der Waals surface area contributed by atoms with Crippen molar-refractivity contribution in [1.82, 2.24) is 0 Å². The maximum Gasteiger partial charge on any atom is 0.0330 e. The van der Waals surface area contributed by atoms with Crippen molar-refractivity contribution in [2.75, 3.05) is 0 Å². The van der Waals surface area contributed by atoms with Crippen LogP contribution >= 0.6 is 45.2 Å². The van der Waals surface area contributed by atoms with Crippen molar-refractivity contribution in [1.29, 1.82) is 0 Å². The van der Waals surface area contributed by atoms with Crippen LogP contribution in [0.15, 0.2) is 33.0 Å². The number of fused-ring (bicyclic) bond motifs is 3. The number of hydrogen-bond donors (Lipinski definition) is 0. The van der Waals surface area contributed by atoms with Crippen LogP contribution in [0, 0.1) is 17.3 Å². The molecule has 0 aromatic heterocycles. The third kappa shape index (κ3) is 1.97. The van der Waals surface area contributed by atoms with Crippen LogP contribution < -0.4 is 0 Å². The molecule has 3 rings (SSSR count). The fourth-order valence-electron chi connectivity index (χ4n) is 3.74. The predicted molar refractivity (Wildman–Crippen MR) is 90.7 cm³/mol. The monoisotopic (exact) mass is 452 g/mol. The van der Waals surface area contributed by atoms with Crippen LogP contribution in [0.2, 0.25) is 0 Å². The van der Waals surface area contributed by atoms with Gasteiger partial charge in [0.25, 0.3) is 0 Å². The van der Waals surface area contributed by atoms with Gasteiger partial charge in [-0.2, -0.15) is 0 Å². The van der Waals surface area contributed by atoms with Crippen molar-refractivity contribution in [3.63, 3.8) is 0 Å². The standard InChI is InChI=1S/C15H18I2/c1-15(2)13-7-9(16)3-5-11(13)12-6-4-10(17)8-14(12)15/h5,7-9,12,14H,3-4,6H2,1-2H3. The lowest BCUT2D eigenvalue weighted by Gasteiger charge is -2.31. The maximum atomic E-state index is 2.57. The summed E-state index contributed by atoms with van der Waals surface area (Å²) < 4.78 is 2.27. The highest BCUT2D eigenvalue weighted by molar-refractivity contribution is 14.1. The van der Waals surface area contributed by atoms with Crippen LogP contribution in [0.1, 0.15) is 33.1 Å². The smallest absolute Gasteiger partial charge is 0.0330 e. The van der Waals surface area contributed by atoms with Crippen molar-refractivity contribution in [2.45, 2.75) is 37.0 Å². The zero-order valence-corrected chi connectivity index (χ0v) is 14.7. The molecule has 0 nitrogen and oxygen atoms in total. The van der Waals surface area contributed by atoms with E-state index in [0.717, 1.165) is 11.8 Å². The topological polar surface area (TPSA) is 0 Å². The minimum Gasteiger partial charge on any atom is -0.0794 e. The van der Waals surface area contributed by atoms with Crippen molar-refractivity contribution >= 4 is 45.2 Å². The highest BCUT2D eigenvalue weighted by Crippen LogP contribution is 2.59. The molecule has 1 saturated carbocycles. The molecule has 0 bridgehead atoms. The Balaban J connectivity index is 2.10. The van der Waals surface area contributed by atoms with Gasteiger partial charge in [-0.1, -0.05) is 54.7 Å². The van der Waals surface area contributed by atoms with Crippen LogP contribution in [-0.2, 0) is 0 Å². The van der Waals surface area contributed by atoms with Gasteiger partial charge >= 0.3 is 0 Å². The highest BCUT2D eigenvalue weighted by Gasteiger charge is 2.49. The molecule has 3 atom stereocenters. The number of alkyl halides is 1. The Morgan fingerprint density at radius 1 is 1.29 bits per heavy atom. The highest BCUT2D eigenvalue weighted by atomic mass is 127. The lowest BCUT2D eigenvalue weighted by molar-refractivity contribution is 0.289. The summed E-state index contributed by atoms with van der Waals surface area (Å²) >= 11 is 5.10. The largest absolute Gasteiger partial charge is 0.0794 e. The Morgan fingerprint density at radius 2 is 2.06 bits per heavy atom. The Labute approximate surface area is 131 Å². The molecule has 2 heteroatoms. The molecule has 0 aromatic rings. The molecule has 3 aliphatic carbocycles. The molecule has 0 aliphatic heterocycles. The zero-order valence-electron chi connectivity index (χ0n) is 10.3. The predicted octanol–water partition coefficient (Wildman–Crippen LogP) is 5.43. The average molecular weight is 452 g/mol. The van der Waals surface area contributed by atoms with Crippen LogP contribution in [0.5, 0.6) is 0 Å². The first-order chi connectivity index (χ1) is 8.00. The van der Waals surface area contributed by atoms with Gasteiger partial charge in [0.05, 0.1) is 0 Å². The molecule has 0 saturated heterocycles. The Morgan fingerprint density at radius 3 is 2.82 bits per heavy atom. The summed E-state index contributed by atoms with van der Waals surface area (Å²) in [5, 5.41) is 0. The second-order valence-electron chi connectivity index (χ2n) is 6.00. The molecular weight excluding hydrogens is 434 g/mol. The second kappa shape index (κ2) is 4.36. The summed E-state index contributed by atoms with van der Waals surface area (Å²) in [7, 11) is 0. The summed E-state index contributed by atoms with van der Waals surface area (Å²) in [5.74, 6) is 1.54. The summed E-state index contributed by atoms with van der Waals surface area (Å²) in [4.78, 5) is 0. The van der Waals surface area contributed by atoms with E-state index in [1.807, 2.05) is 0 Å². The first kappa shape index (κ1) is 12.7. The summed E-state index contributed by atoms with van der Waals surface area (Å²) in [6.45, 7) is 4.88. The van der Waals surface area contributed by atoms with Crippen LogP contribution in [0.25, 0.3) is 0 Å². The molecule has 1 fully saturated rings. The molecule has 17 heavy (non-hydrogen) atoms. The maximum absolute atomic E-state index is 2.57. The van der Waals surface area contributed by atoms with Gasteiger partial charge in [-0.25, -0.2) is 0 Å². The van der Waals surface area contributed by atoms with E-state index in [-0.39, 0.29) is 0 Å².